The Balaban J connectivity index is 2.02. The number of nitrogens with one attached hydrogen (secondary N) is 2. The Hall–Kier alpha value is -1.75. The molecule has 1 aliphatic carbocycles. The van der Waals surface area contributed by atoms with Crippen LogP contribution in [0.5, 0.6) is 5.75 Å². The van der Waals surface area contributed by atoms with E-state index in [1.807, 2.05) is 31.2 Å². The Morgan fingerprint density at radius 2 is 2.14 bits per heavy atom. The second-order valence-corrected chi connectivity index (χ2v) is 5.97. The molecule has 0 radical (unpaired) electrons. The molecule has 1 aromatic carbocycles. The van der Waals surface area contributed by atoms with E-state index in [9.17, 15) is 9.90 Å². The van der Waals surface area contributed by atoms with Crippen molar-refractivity contribution in [1.29, 1.82) is 0 Å². The molecule has 5 heteroatoms. The van der Waals surface area contributed by atoms with Crippen molar-refractivity contribution >= 4 is 11.6 Å². The van der Waals surface area contributed by atoms with Gasteiger partial charge in [0.05, 0.1) is 19.3 Å². The van der Waals surface area contributed by atoms with Crippen molar-refractivity contribution in [3.05, 3.63) is 24.3 Å². The van der Waals surface area contributed by atoms with E-state index >= 15 is 0 Å². The monoisotopic (exact) mass is 306 g/mol. The average molecular weight is 306 g/mol. The smallest absolute Gasteiger partial charge is 0.242 e. The molecule has 1 aromatic rings. The number of hydrogen-bond acceptors (Lipinski definition) is 4. The Morgan fingerprint density at radius 1 is 1.41 bits per heavy atom. The molecule has 0 aromatic heterocycles. The Labute approximate surface area is 132 Å². The molecule has 1 aliphatic rings. The van der Waals surface area contributed by atoms with Crippen LogP contribution in [0.15, 0.2) is 24.3 Å². The second kappa shape index (κ2) is 7.49. The third-order valence-corrected chi connectivity index (χ3v) is 4.39. The summed E-state index contributed by atoms with van der Waals surface area (Å²) in [7, 11) is 1.62. The average Bonchev–Trinajstić information content (AvgIpc) is 3.01. The SMILES string of the molecule is CC[C@H](Nc1cccc(OC)c1)C(=O)NC1(CO)CCCC1. The highest BCUT2D eigenvalue weighted by atomic mass is 16.5. The summed E-state index contributed by atoms with van der Waals surface area (Å²) in [6, 6.07) is 7.21. The lowest BCUT2D eigenvalue weighted by molar-refractivity contribution is -0.124. The van der Waals surface area contributed by atoms with Crippen LogP contribution in [-0.4, -0.2) is 36.3 Å². The van der Waals surface area contributed by atoms with Crippen LogP contribution in [0.4, 0.5) is 5.69 Å². The van der Waals surface area contributed by atoms with Crippen molar-refractivity contribution in [3.8, 4) is 5.75 Å². The van der Waals surface area contributed by atoms with Crippen LogP contribution in [-0.2, 0) is 4.79 Å². The summed E-state index contributed by atoms with van der Waals surface area (Å²) in [5.41, 5.74) is 0.423. The topological polar surface area (TPSA) is 70.6 Å². The fourth-order valence-electron chi connectivity index (χ4n) is 2.99. The molecule has 22 heavy (non-hydrogen) atoms. The minimum absolute atomic E-state index is 0.00827. The van der Waals surface area contributed by atoms with Crippen molar-refractivity contribution in [2.24, 2.45) is 0 Å². The van der Waals surface area contributed by atoms with Crippen molar-refractivity contribution in [1.82, 2.24) is 5.32 Å². The molecule has 2 rings (SSSR count). The predicted octanol–water partition coefficient (Wildman–Crippen LogP) is 2.31. The van der Waals surface area contributed by atoms with E-state index in [1.54, 1.807) is 7.11 Å². The van der Waals surface area contributed by atoms with Gasteiger partial charge < -0.3 is 20.5 Å². The highest BCUT2D eigenvalue weighted by Gasteiger charge is 2.36. The highest BCUT2D eigenvalue weighted by Crippen LogP contribution is 2.29. The summed E-state index contributed by atoms with van der Waals surface area (Å²) in [4.78, 5) is 12.5. The van der Waals surface area contributed by atoms with Gasteiger partial charge >= 0.3 is 0 Å². The maximum Gasteiger partial charge on any atom is 0.242 e. The van der Waals surface area contributed by atoms with Crippen LogP contribution < -0.4 is 15.4 Å². The molecule has 0 saturated heterocycles. The van der Waals surface area contributed by atoms with Crippen molar-refractivity contribution < 1.29 is 14.6 Å². The lowest BCUT2D eigenvalue weighted by atomic mass is 9.98. The number of anilines is 1. The number of rotatable bonds is 7. The van der Waals surface area contributed by atoms with Gasteiger partial charge in [-0.1, -0.05) is 25.8 Å². The number of carbonyl (C=O) groups is 1. The first-order valence-electron chi connectivity index (χ1n) is 7.96. The van der Waals surface area contributed by atoms with Crippen LogP contribution >= 0.6 is 0 Å². The van der Waals surface area contributed by atoms with Gasteiger partial charge in [-0.05, 0) is 31.4 Å². The van der Waals surface area contributed by atoms with Crippen LogP contribution in [0.2, 0.25) is 0 Å². The number of aliphatic hydroxyl groups excluding tert-OH is 1. The zero-order valence-corrected chi connectivity index (χ0v) is 13.4. The summed E-state index contributed by atoms with van der Waals surface area (Å²) in [6.07, 6.45) is 4.49. The Kier molecular flexibility index (Phi) is 5.66. The van der Waals surface area contributed by atoms with Gasteiger partial charge in [-0.3, -0.25) is 4.79 Å². The molecule has 0 spiro atoms. The fraction of sp³-hybridized carbons (Fsp3) is 0.588. The number of ether oxygens (including phenoxy) is 1. The summed E-state index contributed by atoms with van der Waals surface area (Å²) in [5.74, 6) is 0.698. The number of carbonyl (C=O) groups excluding carboxylic acids is 1. The van der Waals surface area contributed by atoms with Crippen LogP contribution in [0.3, 0.4) is 0 Å². The van der Waals surface area contributed by atoms with Gasteiger partial charge in [0, 0.05) is 11.8 Å². The zero-order valence-electron chi connectivity index (χ0n) is 13.4. The minimum Gasteiger partial charge on any atom is -0.497 e. The molecule has 122 valence electrons. The van der Waals surface area contributed by atoms with Gasteiger partial charge in [0.1, 0.15) is 11.8 Å². The van der Waals surface area contributed by atoms with Gasteiger partial charge in [-0.2, -0.15) is 0 Å². The minimum atomic E-state index is -0.430. The zero-order chi connectivity index (χ0) is 16.0. The summed E-state index contributed by atoms with van der Waals surface area (Å²) in [5, 5.41) is 15.9. The van der Waals surface area contributed by atoms with Crippen molar-refractivity contribution in [3.63, 3.8) is 0 Å². The molecule has 0 bridgehead atoms. The lowest BCUT2D eigenvalue weighted by Crippen LogP contribution is -2.53. The second-order valence-electron chi connectivity index (χ2n) is 5.97. The van der Waals surface area contributed by atoms with Crippen LogP contribution in [0, 0.1) is 0 Å². The molecule has 0 unspecified atom stereocenters. The largest absolute Gasteiger partial charge is 0.497 e. The van der Waals surface area contributed by atoms with Gasteiger partial charge in [0.25, 0.3) is 0 Å². The molecule has 5 nitrogen and oxygen atoms in total. The number of benzene rings is 1. The van der Waals surface area contributed by atoms with E-state index in [1.165, 1.54) is 0 Å². The number of hydrogen-bond donors (Lipinski definition) is 3. The number of aliphatic hydroxyl groups is 1. The van der Waals surface area contributed by atoms with E-state index in [2.05, 4.69) is 10.6 Å². The molecule has 0 heterocycles. The third-order valence-electron chi connectivity index (χ3n) is 4.39. The molecule has 1 fully saturated rings. The quantitative estimate of drug-likeness (QED) is 0.723. The van der Waals surface area contributed by atoms with Gasteiger partial charge in [0.2, 0.25) is 5.91 Å². The summed E-state index contributed by atoms with van der Waals surface area (Å²) >= 11 is 0. The molecule has 3 N–H and O–H groups in total. The molecule has 0 aliphatic heterocycles. The molecule has 1 saturated carbocycles. The summed E-state index contributed by atoms with van der Waals surface area (Å²) < 4.78 is 5.20. The fourth-order valence-corrected chi connectivity index (χ4v) is 2.99. The Morgan fingerprint density at radius 3 is 2.73 bits per heavy atom. The standard InChI is InChI=1S/C17H26N2O3/c1-3-15(18-13-7-6-8-14(11-13)22-2)16(21)19-17(12-20)9-4-5-10-17/h6-8,11,15,18,20H,3-5,9-10,12H2,1-2H3,(H,19,21)/t15-/m0/s1. The normalized spacial score (nSPS) is 17.8. The number of methoxy groups -OCH3 is 1. The van der Waals surface area contributed by atoms with Crippen molar-refractivity contribution in [2.75, 3.05) is 19.0 Å². The maximum absolute atomic E-state index is 12.5. The molecule has 1 atom stereocenters. The first-order valence-corrected chi connectivity index (χ1v) is 7.96. The van der Waals surface area contributed by atoms with Gasteiger partial charge in [-0.15, -0.1) is 0 Å². The van der Waals surface area contributed by atoms with E-state index in [0.717, 1.165) is 37.1 Å². The maximum atomic E-state index is 12.5. The van der Waals surface area contributed by atoms with E-state index in [4.69, 9.17) is 4.74 Å². The van der Waals surface area contributed by atoms with E-state index < -0.39 is 5.54 Å². The molecule has 1 amide bonds. The van der Waals surface area contributed by atoms with Crippen molar-refractivity contribution in [2.45, 2.75) is 50.6 Å². The third kappa shape index (κ3) is 3.91. The lowest BCUT2D eigenvalue weighted by Gasteiger charge is -2.30. The first kappa shape index (κ1) is 16.6. The van der Waals surface area contributed by atoms with Crippen LogP contribution in [0.1, 0.15) is 39.0 Å². The highest BCUT2D eigenvalue weighted by molar-refractivity contribution is 5.85. The van der Waals surface area contributed by atoms with Gasteiger partial charge in [0.15, 0.2) is 0 Å². The molecular weight excluding hydrogens is 280 g/mol. The first-order chi connectivity index (χ1) is 10.6. The van der Waals surface area contributed by atoms with E-state index in [-0.39, 0.29) is 18.6 Å². The predicted molar refractivity (Wildman–Crippen MR) is 87.1 cm³/mol. The van der Waals surface area contributed by atoms with Crippen LogP contribution in [0.25, 0.3) is 0 Å². The van der Waals surface area contributed by atoms with Gasteiger partial charge in [-0.25, -0.2) is 0 Å². The molecular formula is C17H26N2O3. The van der Waals surface area contributed by atoms with E-state index in [0.29, 0.717) is 6.42 Å². The number of amides is 1. The Bertz CT molecular complexity index is 498. The summed E-state index contributed by atoms with van der Waals surface area (Å²) in [6.45, 7) is 1.98.